The number of amides is 2. The molecule has 1 N–H and O–H groups in total. The van der Waals surface area contributed by atoms with Gasteiger partial charge in [0.25, 0.3) is 17.4 Å². The summed E-state index contributed by atoms with van der Waals surface area (Å²) in [7, 11) is 1.55. The molecule has 0 aliphatic rings. The Labute approximate surface area is 164 Å². The molecule has 2 amide bonds. The Morgan fingerprint density at radius 1 is 1.11 bits per heavy atom. The number of carbonyl (C=O) groups excluding carboxylic acids is 2. The highest BCUT2D eigenvalue weighted by atomic mass is 16.5. The number of aromatic nitrogens is 1. The number of hydrogen-bond donors (Lipinski definition) is 1. The number of ether oxygens (including phenoxy) is 1. The van der Waals surface area contributed by atoms with Crippen LogP contribution >= 0.6 is 0 Å². The van der Waals surface area contributed by atoms with Crippen LogP contribution in [0.25, 0.3) is 0 Å². The zero-order valence-electron chi connectivity index (χ0n) is 16.9. The van der Waals surface area contributed by atoms with Crippen molar-refractivity contribution in [2.75, 3.05) is 11.9 Å². The van der Waals surface area contributed by atoms with Gasteiger partial charge in [-0.15, -0.1) is 0 Å². The predicted molar refractivity (Wildman–Crippen MR) is 109 cm³/mol. The Bertz CT molecular complexity index is 880. The molecule has 1 aromatic carbocycles. The van der Waals surface area contributed by atoms with Gasteiger partial charge in [-0.1, -0.05) is 18.2 Å². The summed E-state index contributed by atoms with van der Waals surface area (Å²) in [6.45, 7) is 7.50. The molecule has 0 saturated heterocycles. The number of anilines is 1. The first-order valence-electron chi connectivity index (χ1n) is 9.21. The number of nitrogens with one attached hydrogen (secondary N) is 1. The van der Waals surface area contributed by atoms with Gasteiger partial charge in [0.2, 0.25) is 0 Å². The summed E-state index contributed by atoms with van der Waals surface area (Å²) in [5.74, 6) is -0.120. The normalized spacial score (nSPS) is 10.8. The molecule has 0 radical (unpaired) electrons. The maximum atomic E-state index is 12.9. The Balaban J connectivity index is 2.19. The van der Waals surface area contributed by atoms with E-state index in [4.69, 9.17) is 4.74 Å². The second-order valence-electron chi connectivity index (χ2n) is 7.11. The zero-order chi connectivity index (χ0) is 20.8. The lowest BCUT2D eigenvalue weighted by atomic mass is 10.1. The molecule has 0 saturated carbocycles. The summed E-state index contributed by atoms with van der Waals surface area (Å²) in [6.07, 6.45) is 1.48. The van der Waals surface area contributed by atoms with Gasteiger partial charge >= 0.3 is 0 Å². The molecule has 28 heavy (non-hydrogen) atoms. The molecule has 7 heteroatoms. The van der Waals surface area contributed by atoms with Gasteiger partial charge in [-0.2, -0.15) is 0 Å². The van der Waals surface area contributed by atoms with Gasteiger partial charge in [0.1, 0.15) is 11.4 Å². The molecule has 0 aliphatic heterocycles. The smallest absolute Gasteiger partial charge is 0.274 e. The van der Waals surface area contributed by atoms with E-state index in [1.54, 1.807) is 36.2 Å². The lowest BCUT2D eigenvalue weighted by molar-refractivity contribution is -0.118. The number of hydrogen-bond acceptors (Lipinski definition) is 4. The summed E-state index contributed by atoms with van der Waals surface area (Å²) >= 11 is 0. The first-order valence-corrected chi connectivity index (χ1v) is 9.21. The van der Waals surface area contributed by atoms with Gasteiger partial charge in [-0.25, -0.2) is 0 Å². The van der Waals surface area contributed by atoms with Crippen LogP contribution in [-0.2, 0) is 11.8 Å². The van der Waals surface area contributed by atoms with Crippen LogP contribution in [0.15, 0.2) is 47.4 Å². The second kappa shape index (κ2) is 9.21. The number of para-hydroxylation sites is 1. The molecule has 0 unspecified atom stereocenters. The number of nitrogens with zero attached hydrogens (tertiary/aromatic N) is 2. The van der Waals surface area contributed by atoms with Crippen molar-refractivity contribution in [2.24, 2.45) is 7.05 Å². The van der Waals surface area contributed by atoms with Gasteiger partial charge in [0.15, 0.2) is 6.61 Å². The van der Waals surface area contributed by atoms with E-state index in [9.17, 15) is 14.4 Å². The molecule has 0 aliphatic carbocycles. The summed E-state index contributed by atoms with van der Waals surface area (Å²) in [5.41, 5.74) is -0.0171. The third kappa shape index (κ3) is 5.22. The van der Waals surface area contributed by atoms with E-state index >= 15 is 0 Å². The fourth-order valence-corrected chi connectivity index (χ4v) is 2.98. The fraction of sp³-hybridized carbons (Fsp3) is 0.381. The molecule has 7 nitrogen and oxygen atoms in total. The van der Waals surface area contributed by atoms with Gasteiger partial charge in [0, 0.05) is 25.3 Å². The lowest BCUT2D eigenvalue weighted by Gasteiger charge is -2.31. The van der Waals surface area contributed by atoms with E-state index in [2.05, 4.69) is 5.32 Å². The average molecular weight is 385 g/mol. The van der Waals surface area contributed by atoms with Crippen molar-refractivity contribution in [3.05, 3.63) is 58.5 Å². The average Bonchev–Trinajstić information content (AvgIpc) is 2.63. The summed E-state index contributed by atoms with van der Waals surface area (Å²) in [4.78, 5) is 39.2. The van der Waals surface area contributed by atoms with Crippen molar-refractivity contribution in [1.29, 1.82) is 0 Å². The van der Waals surface area contributed by atoms with Crippen molar-refractivity contribution in [1.82, 2.24) is 9.47 Å². The predicted octanol–water partition coefficient (Wildman–Crippen LogP) is 2.66. The number of rotatable bonds is 7. The van der Waals surface area contributed by atoms with E-state index < -0.39 is 11.5 Å². The molecule has 150 valence electrons. The summed E-state index contributed by atoms with van der Waals surface area (Å²) in [6, 6.07) is 10.3. The largest absolute Gasteiger partial charge is 0.484 e. The van der Waals surface area contributed by atoms with E-state index in [-0.39, 0.29) is 30.3 Å². The maximum absolute atomic E-state index is 12.9. The maximum Gasteiger partial charge on any atom is 0.274 e. The van der Waals surface area contributed by atoms with E-state index in [0.717, 1.165) is 0 Å². The van der Waals surface area contributed by atoms with Crippen molar-refractivity contribution in [2.45, 2.75) is 39.8 Å². The first-order chi connectivity index (χ1) is 13.2. The Hall–Kier alpha value is -3.09. The van der Waals surface area contributed by atoms with Crippen LogP contribution in [-0.4, -0.2) is 40.0 Å². The number of carbonyl (C=O) groups is 2. The monoisotopic (exact) mass is 385 g/mol. The van der Waals surface area contributed by atoms with Gasteiger partial charge in [-0.3, -0.25) is 14.4 Å². The Kier molecular flexibility index (Phi) is 6.98. The Morgan fingerprint density at radius 2 is 1.71 bits per heavy atom. The minimum absolute atomic E-state index is 0.00190. The topological polar surface area (TPSA) is 80.6 Å². The molecular formula is C21H27N3O4. The standard InChI is InChI=1S/C21H27N3O4/c1-14(2)24(15(3)4)20(26)16-11-18(21(27)23(5)12-16)22-19(25)13-28-17-9-7-6-8-10-17/h6-12,14-15H,13H2,1-5H3,(H,22,25). The molecule has 1 aromatic heterocycles. The van der Waals surface area contributed by atoms with Gasteiger partial charge in [0.05, 0.1) is 5.56 Å². The van der Waals surface area contributed by atoms with Crippen LogP contribution in [0.1, 0.15) is 38.1 Å². The van der Waals surface area contributed by atoms with E-state index in [1.165, 1.54) is 16.8 Å². The van der Waals surface area contributed by atoms with Crippen molar-refractivity contribution in [3.63, 3.8) is 0 Å². The van der Waals surface area contributed by atoms with Crippen LogP contribution in [0.4, 0.5) is 5.69 Å². The second-order valence-corrected chi connectivity index (χ2v) is 7.11. The minimum atomic E-state index is -0.477. The van der Waals surface area contributed by atoms with Crippen LogP contribution in [0.5, 0.6) is 5.75 Å². The highest BCUT2D eigenvalue weighted by molar-refractivity contribution is 5.97. The molecule has 2 rings (SSSR count). The molecule has 0 spiro atoms. The Morgan fingerprint density at radius 3 is 2.29 bits per heavy atom. The molecule has 0 fully saturated rings. The zero-order valence-corrected chi connectivity index (χ0v) is 16.9. The van der Waals surface area contributed by atoms with Crippen LogP contribution < -0.4 is 15.6 Å². The molecule has 0 bridgehead atoms. The fourth-order valence-electron chi connectivity index (χ4n) is 2.98. The third-order valence-corrected chi connectivity index (χ3v) is 4.16. The molecule has 2 aromatic rings. The molecule has 1 heterocycles. The van der Waals surface area contributed by atoms with E-state index in [1.807, 2.05) is 33.8 Å². The minimum Gasteiger partial charge on any atom is -0.484 e. The molecule has 0 atom stereocenters. The SMILES string of the molecule is CC(C)N(C(=O)c1cc(NC(=O)COc2ccccc2)c(=O)n(C)c1)C(C)C. The lowest BCUT2D eigenvalue weighted by Crippen LogP contribution is -2.42. The van der Waals surface area contributed by atoms with Crippen molar-refractivity contribution in [3.8, 4) is 5.75 Å². The van der Waals surface area contributed by atoms with Crippen LogP contribution in [0.3, 0.4) is 0 Å². The van der Waals surface area contributed by atoms with Crippen LogP contribution in [0.2, 0.25) is 0 Å². The van der Waals surface area contributed by atoms with Gasteiger partial charge < -0.3 is 19.5 Å². The number of benzene rings is 1. The van der Waals surface area contributed by atoms with E-state index in [0.29, 0.717) is 11.3 Å². The number of pyridine rings is 1. The highest BCUT2D eigenvalue weighted by Gasteiger charge is 2.23. The first kappa shape index (κ1) is 21.2. The van der Waals surface area contributed by atoms with Gasteiger partial charge in [-0.05, 0) is 45.9 Å². The van der Waals surface area contributed by atoms with Crippen molar-refractivity contribution < 1.29 is 14.3 Å². The third-order valence-electron chi connectivity index (χ3n) is 4.16. The summed E-state index contributed by atoms with van der Waals surface area (Å²) in [5, 5.41) is 2.55. The molecular weight excluding hydrogens is 358 g/mol. The quantitative estimate of drug-likeness (QED) is 0.795. The van der Waals surface area contributed by atoms with Crippen LogP contribution in [0, 0.1) is 0 Å². The van der Waals surface area contributed by atoms with Crippen molar-refractivity contribution >= 4 is 17.5 Å². The summed E-state index contributed by atoms with van der Waals surface area (Å²) < 4.78 is 6.68. The number of aryl methyl sites for hydroxylation is 1. The highest BCUT2D eigenvalue weighted by Crippen LogP contribution is 2.14.